The first kappa shape index (κ1) is 17.5. The van der Waals surface area contributed by atoms with Gasteiger partial charge in [0.1, 0.15) is 11.5 Å². The number of carbonyl (C=O) groups excluding carboxylic acids is 1. The van der Waals surface area contributed by atoms with Crippen molar-refractivity contribution >= 4 is 11.9 Å². The van der Waals surface area contributed by atoms with Crippen molar-refractivity contribution in [3.8, 4) is 23.0 Å². The van der Waals surface area contributed by atoms with Crippen molar-refractivity contribution in [1.82, 2.24) is 10.2 Å². The van der Waals surface area contributed by atoms with Crippen LogP contribution in [0.4, 0.5) is 6.01 Å². The van der Waals surface area contributed by atoms with E-state index in [1.54, 1.807) is 32.4 Å². The largest absolute Gasteiger partial charge is 0.497 e. The smallest absolute Gasteiger partial charge is 0.322 e. The summed E-state index contributed by atoms with van der Waals surface area (Å²) >= 11 is 0. The molecule has 3 rings (SSSR count). The summed E-state index contributed by atoms with van der Waals surface area (Å²) in [7, 11) is 3.12. The van der Waals surface area contributed by atoms with Crippen LogP contribution in [0, 0.1) is 13.8 Å². The molecule has 0 aliphatic carbocycles. The molecule has 1 heterocycles. The monoisotopic (exact) mass is 353 g/mol. The van der Waals surface area contributed by atoms with Gasteiger partial charge in [-0.1, -0.05) is 22.8 Å². The van der Waals surface area contributed by atoms with E-state index in [1.165, 1.54) is 0 Å². The number of ether oxygens (including phenoxy) is 2. The average molecular weight is 353 g/mol. The molecule has 0 aliphatic heterocycles. The molecule has 0 fully saturated rings. The normalized spacial score (nSPS) is 10.5. The highest BCUT2D eigenvalue weighted by Crippen LogP contribution is 2.29. The molecular weight excluding hydrogens is 334 g/mol. The van der Waals surface area contributed by atoms with E-state index in [1.807, 2.05) is 32.0 Å². The van der Waals surface area contributed by atoms with Crippen LogP contribution in [0.25, 0.3) is 11.5 Å². The van der Waals surface area contributed by atoms with Crippen LogP contribution in [-0.4, -0.2) is 30.3 Å². The molecule has 0 unspecified atom stereocenters. The van der Waals surface area contributed by atoms with Gasteiger partial charge in [0, 0.05) is 17.2 Å². The first-order chi connectivity index (χ1) is 12.5. The Labute approximate surface area is 151 Å². The van der Waals surface area contributed by atoms with Crippen LogP contribution in [0.5, 0.6) is 11.5 Å². The first-order valence-electron chi connectivity index (χ1n) is 7.95. The van der Waals surface area contributed by atoms with Gasteiger partial charge in [0.2, 0.25) is 5.89 Å². The zero-order valence-electron chi connectivity index (χ0n) is 15.0. The molecule has 26 heavy (non-hydrogen) atoms. The molecule has 0 saturated carbocycles. The van der Waals surface area contributed by atoms with Gasteiger partial charge in [0.25, 0.3) is 5.91 Å². The summed E-state index contributed by atoms with van der Waals surface area (Å²) in [5.41, 5.74) is 3.05. The molecule has 0 bridgehead atoms. The third-order valence-corrected chi connectivity index (χ3v) is 3.88. The van der Waals surface area contributed by atoms with Gasteiger partial charge >= 0.3 is 6.01 Å². The summed E-state index contributed by atoms with van der Waals surface area (Å²) in [5, 5.41) is 10.5. The zero-order chi connectivity index (χ0) is 18.7. The van der Waals surface area contributed by atoms with Crippen molar-refractivity contribution in [3.05, 3.63) is 53.1 Å². The Morgan fingerprint density at radius 3 is 2.35 bits per heavy atom. The lowest BCUT2D eigenvalue weighted by molar-refractivity contribution is 0.102. The van der Waals surface area contributed by atoms with Crippen LogP contribution in [0.15, 0.2) is 40.8 Å². The van der Waals surface area contributed by atoms with Crippen molar-refractivity contribution in [2.24, 2.45) is 0 Å². The summed E-state index contributed by atoms with van der Waals surface area (Å²) in [6, 6.07) is 10.9. The molecule has 7 nitrogen and oxygen atoms in total. The van der Waals surface area contributed by atoms with Crippen molar-refractivity contribution in [1.29, 1.82) is 0 Å². The van der Waals surface area contributed by atoms with Crippen LogP contribution in [-0.2, 0) is 0 Å². The quantitative estimate of drug-likeness (QED) is 0.754. The predicted molar refractivity (Wildman–Crippen MR) is 96.7 cm³/mol. The maximum atomic E-state index is 12.5. The molecular formula is C19H19N3O4. The van der Waals surface area contributed by atoms with E-state index in [-0.39, 0.29) is 17.8 Å². The lowest BCUT2D eigenvalue weighted by Gasteiger charge is -2.06. The molecule has 134 valence electrons. The summed E-state index contributed by atoms with van der Waals surface area (Å²) in [4.78, 5) is 12.5. The van der Waals surface area contributed by atoms with Crippen molar-refractivity contribution in [2.75, 3.05) is 19.5 Å². The minimum absolute atomic E-state index is 0.0210. The zero-order valence-corrected chi connectivity index (χ0v) is 15.0. The summed E-state index contributed by atoms with van der Waals surface area (Å²) < 4.78 is 16.0. The van der Waals surface area contributed by atoms with E-state index >= 15 is 0 Å². The number of nitrogens with zero attached hydrogens (tertiary/aromatic N) is 2. The van der Waals surface area contributed by atoms with E-state index in [0.29, 0.717) is 22.6 Å². The van der Waals surface area contributed by atoms with Crippen molar-refractivity contribution in [2.45, 2.75) is 13.8 Å². The van der Waals surface area contributed by atoms with E-state index in [4.69, 9.17) is 13.9 Å². The highest BCUT2D eigenvalue weighted by Gasteiger charge is 2.15. The number of carbonyl (C=O) groups is 1. The van der Waals surface area contributed by atoms with Gasteiger partial charge in [-0.3, -0.25) is 10.1 Å². The maximum Gasteiger partial charge on any atom is 0.322 e. The molecule has 1 N–H and O–H groups in total. The standard InChI is InChI=1S/C19H19N3O4/c1-11-5-6-12(2)16(7-11)17(23)20-19-22-21-18(26-19)13-8-14(24-3)10-15(9-13)25-4/h5-10H,1-4H3,(H,20,22,23). The lowest BCUT2D eigenvalue weighted by atomic mass is 10.1. The molecule has 2 aromatic carbocycles. The number of aryl methyl sites for hydroxylation is 2. The third-order valence-electron chi connectivity index (χ3n) is 3.88. The van der Waals surface area contributed by atoms with Crippen molar-refractivity contribution < 1.29 is 18.7 Å². The fourth-order valence-corrected chi connectivity index (χ4v) is 2.47. The van der Waals surface area contributed by atoms with Gasteiger partial charge in [0.05, 0.1) is 14.2 Å². The van der Waals surface area contributed by atoms with Gasteiger partial charge in [-0.15, -0.1) is 5.10 Å². The second-order valence-electron chi connectivity index (χ2n) is 5.79. The molecule has 1 aromatic heterocycles. The molecule has 0 aliphatic rings. The number of amides is 1. The van der Waals surface area contributed by atoms with Crippen LogP contribution in [0.2, 0.25) is 0 Å². The van der Waals surface area contributed by atoms with E-state index in [2.05, 4.69) is 15.5 Å². The van der Waals surface area contributed by atoms with Gasteiger partial charge in [-0.2, -0.15) is 0 Å². The van der Waals surface area contributed by atoms with Crippen LogP contribution in [0.1, 0.15) is 21.5 Å². The predicted octanol–water partition coefficient (Wildman–Crippen LogP) is 3.62. The molecule has 0 atom stereocenters. The number of hydrogen-bond donors (Lipinski definition) is 1. The number of benzene rings is 2. The number of hydrogen-bond acceptors (Lipinski definition) is 6. The van der Waals surface area contributed by atoms with Gasteiger partial charge in [0.15, 0.2) is 0 Å². The van der Waals surface area contributed by atoms with E-state index in [0.717, 1.165) is 11.1 Å². The maximum absolute atomic E-state index is 12.5. The number of rotatable bonds is 5. The fourth-order valence-electron chi connectivity index (χ4n) is 2.47. The molecule has 3 aromatic rings. The Hall–Kier alpha value is -3.35. The molecule has 1 amide bonds. The van der Waals surface area contributed by atoms with E-state index < -0.39 is 0 Å². The Morgan fingerprint density at radius 2 is 1.69 bits per heavy atom. The van der Waals surface area contributed by atoms with E-state index in [9.17, 15) is 4.79 Å². The molecule has 0 spiro atoms. The van der Waals surface area contributed by atoms with Gasteiger partial charge in [-0.05, 0) is 37.6 Å². The summed E-state index contributed by atoms with van der Waals surface area (Å²) in [6.07, 6.45) is 0. The number of methoxy groups -OCH3 is 2. The molecule has 7 heteroatoms. The Balaban J connectivity index is 1.84. The number of anilines is 1. The first-order valence-corrected chi connectivity index (χ1v) is 7.95. The lowest BCUT2D eigenvalue weighted by Crippen LogP contribution is -2.13. The number of aromatic nitrogens is 2. The van der Waals surface area contributed by atoms with Gasteiger partial charge in [-0.25, -0.2) is 0 Å². The van der Waals surface area contributed by atoms with Gasteiger partial charge < -0.3 is 13.9 Å². The second kappa shape index (κ2) is 7.26. The minimum Gasteiger partial charge on any atom is -0.497 e. The average Bonchev–Trinajstić information content (AvgIpc) is 3.11. The third kappa shape index (κ3) is 3.66. The van der Waals surface area contributed by atoms with Crippen molar-refractivity contribution in [3.63, 3.8) is 0 Å². The van der Waals surface area contributed by atoms with Crippen LogP contribution >= 0.6 is 0 Å². The highest BCUT2D eigenvalue weighted by atomic mass is 16.5. The SMILES string of the molecule is COc1cc(OC)cc(-c2nnc(NC(=O)c3cc(C)ccc3C)o2)c1. The Bertz CT molecular complexity index is 927. The van der Waals surface area contributed by atoms with Crippen LogP contribution in [0.3, 0.4) is 0 Å². The molecule has 0 saturated heterocycles. The highest BCUT2D eigenvalue weighted by molar-refractivity contribution is 6.04. The fraction of sp³-hybridized carbons (Fsp3) is 0.211. The molecule has 0 radical (unpaired) electrons. The van der Waals surface area contributed by atoms with Crippen LogP contribution < -0.4 is 14.8 Å². The Kier molecular flexibility index (Phi) is 4.88. The minimum atomic E-state index is -0.301. The number of nitrogens with one attached hydrogen (secondary N) is 1. The second-order valence-corrected chi connectivity index (χ2v) is 5.79. The topological polar surface area (TPSA) is 86.5 Å². The summed E-state index contributed by atoms with van der Waals surface area (Å²) in [5.74, 6) is 1.14. The Morgan fingerprint density at radius 1 is 1.00 bits per heavy atom. The summed E-state index contributed by atoms with van der Waals surface area (Å²) in [6.45, 7) is 3.80.